The Labute approximate surface area is 123 Å². The summed E-state index contributed by atoms with van der Waals surface area (Å²) in [5, 5.41) is 23.1. The highest BCUT2D eigenvalue weighted by atomic mass is 79.9. The van der Waals surface area contributed by atoms with Gasteiger partial charge in [0.2, 0.25) is 0 Å². The molecule has 2 atom stereocenters. The van der Waals surface area contributed by atoms with Gasteiger partial charge in [0.25, 0.3) is 0 Å². The van der Waals surface area contributed by atoms with E-state index in [1.165, 1.54) is 25.3 Å². The monoisotopic (exact) mass is 343 g/mol. The second-order valence-electron chi connectivity index (χ2n) is 3.98. The molecule has 0 aliphatic heterocycles. The molecule has 0 saturated heterocycles. The summed E-state index contributed by atoms with van der Waals surface area (Å²) in [6.07, 6.45) is -2.08. The van der Waals surface area contributed by atoms with Crippen molar-refractivity contribution >= 4 is 21.9 Å². The van der Waals surface area contributed by atoms with E-state index in [1.54, 1.807) is 0 Å². The number of ether oxygens (including phenoxy) is 1. The van der Waals surface area contributed by atoms with Gasteiger partial charge >= 0.3 is 5.97 Å². The molecule has 0 spiro atoms. The van der Waals surface area contributed by atoms with Crippen LogP contribution in [0.2, 0.25) is 0 Å². The van der Waals surface area contributed by atoms with Crippen LogP contribution >= 0.6 is 15.9 Å². The van der Waals surface area contributed by atoms with Gasteiger partial charge in [-0.1, -0.05) is 27.1 Å². The van der Waals surface area contributed by atoms with Gasteiger partial charge in [0.15, 0.2) is 0 Å². The molecule has 0 fully saturated rings. The first kappa shape index (κ1) is 16.5. The number of azide groups is 1. The standard InChI is InChI=1S/C12H14BrN3O4/c1-20-12(19)7-2-3-8(9(13)6-7)11(18)10(17)4-5-15-16-14/h2-3,6,10-11,17-18H,4-5H2,1H3. The third-order valence-corrected chi connectivity index (χ3v) is 3.38. The van der Waals surface area contributed by atoms with Crippen LogP contribution in [-0.2, 0) is 4.74 Å². The summed E-state index contributed by atoms with van der Waals surface area (Å²) in [6.45, 7) is 0.0899. The van der Waals surface area contributed by atoms with Crippen molar-refractivity contribution in [3.63, 3.8) is 0 Å². The van der Waals surface area contributed by atoms with E-state index in [4.69, 9.17) is 5.53 Å². The van der Waals surface area contributed by atoms with Crippen LogP contribution in [0.5, 0.6) is 0 Å². The van der Waals surface area contributed by atoms with Gasteiger partial charge in [-0.2, -0.15) is 0 Å². The minimum atomic E-state index is -1.15. The minimum absolute atomic E-state index is 0.0899. The zero-order chi connectivity index (χ0) is 15.1. The lowest BCUT2D eigenvalue weighted by molar-refractivity contribution is 0.0146. The van der Waals surface area contributed by atoms with Gasteiger partial charge in [0.1, 0.15) is 6.10 Å². The van der Waals surface area contributed by atoms with Crippen LogP contribution in [-0.4, -0.2) is 35.9 Å². The Kier molecular flexibility index (Phi) is 6.47. The quantitative estimate of drug-likeness (QED) is 0.356. The normalized spacial score (nSPS) is 13.2. The fraction of sp³-hybridized carbons (Fsp3) is 0.417. The molecule has 1 aromatic carbocycles. The molecule has 0 saturated carbocycles. The zero-order valence-electron chi connectivity index (χ0n) is 10.7. The van der Waals surface area contributed by atoms with Crippen molar-refractivity contribution in [2.45, 2.75) is 18.6 Å². The summed E-state index contributed by atoms with van der Waals surface area (Å²) in [6, 6.07) is 4.53. The van der Waals surface area contributed by atoms with Crippen molar-refractivity contribution in [1.82, 2.24) is 0 Å². The zero-order valence-corrected chi connectivity index (χ0v) is 12.3. The van der Waals surface area contributed by atoms with E-state index in [0.717, 1.165) is 0 Å². The Morgan fingerprint density at radius 1 is 1.55 bits per heavy atom. The molecule has 0 radical (unpaired) electrons. The molecule has 0 aromatic heterocycles. The van der Waals surface area contributed by atoms with Crippen molar-refractivity contribution in [2.75, 3.05) is 13.7 Å². The molecule has 0 bridgehead atoms. The van der Waals surface area contributed by atoms with Crippen molar-refractivity contribution in [2.24, 2.45) is 5.11 Å². The number of aliphatic hydroxyl groups is 2. The van der Waals surface area contributed by atoms with Crippen LogP contribution < -0.4 is 0 Å². The van der Waals surface area contributed by atoms with Gasteiger partial charge in [0.05, 0.1) is 18.8 Å². The molecular weight excluding hydrogens is 330 g/mol. The van der Waals surface area contributed by atoms with E-state index in [1.807, 2.05) is 0 Å². The number of hydrogen-bond acceptors (Lipinski definition) is 5. The van der Waals surface area contributed by atoms with Crippen molar-refractivity contribution in [3.05, 3.63) is 44.2 Å². The molecule has 0 amide bonds. The average Bonchev–Trinajstić information content (AvgIpc) is 2.45. The largest absolute Gasteiger partial charge is 0.465 e. The van der Waals surface area contributed by atoms with Gasteiger partial charge in [-0.3, -0.25) is 0 Å². The number of carbonyl (C=O) groups excluding carboxylic acids is 1. The van der Waals surface area contributed by atoms with Crippen LogP contribution in [0.15, 0.2) is 27.8 Å². The van der Waals surface area contributed by atoms with Crippen molar-refractivity contribution < 1.29 is 19.7 Å². The number of aliphatic hydroxyl groups excluding tert-OH is 2. The van der Waals surface area contributed by atoms with E-state index in [-0.39, 0.29) is 13.0 Å². The molecule has 1 aromatic rings. The summed E-state index contributed by atoms with van der Waals surface area (Å²) in [5.41, 5.74) is 8.92. The number of benzene rings is 1. The van der Waals surface area contributed by atoms with Crippen LogP contribution in [0.1, 0.15) is 28.4 Å². The number of esters is 1. The van der Waals surface area contributed by atoms with E-state index >= 15 is 0 Å². The van der Waals surface area contributed by atoms with E-state index in [2.05, 4.69) is 30.7 Å². The van der Waals surface area contributed by atoms with Crippen LogP contribution in [0, 0.1) is 0 Å². The number of methoxy groups -OCH3 is 1. The summed E-state index contributed by atoms with van der Waals surface area (Å²) in [5.74, 6) is -0.490. The molecule has 2 N–H and O–H groups in total. The molecule has 20 heavy (non-hydrogen) atoms. The van der Waals surface area contributed by atoms with E-state index < -0.39 is 18.2 Å². The summed E-state index contributed by atoms with van der Waals surface area (Å²) in [4.78, 5) is 13.9. The average molecular weight is 344 g/mol. The van der Waals surface area contributed by atoms with Gasteiger partial charge in [-0.05, 0) is 29.6 Å². The predicted molar refractivity (Wildman–Crippen MR) is 75.1 cm³/mol. The summed E-state index contributed by atoms with van der Waals surface area (Å²) < 4.78 is 5.07. The van der Waals surface area contributed by atoms with E-state index in [9.17, 15) is 15.0 Å². The van der Waals surface area contributed by atoms with Gasteiger partial charge < -0.3 is 14.9 Å². The second-order valence-corrected chi connectivity index (χ2v) is 4.84. The Balaban J connectivity index is 2.85. The third kappa shape index (κ3) is 4.21. The predicted octanol–water partition coefficient (Wildman–Crippen LogP) is 2.33. The second kappa shape index (κ2) is 7.86. The number of hydrogen-bond donors (Lipinski definition) is 2. The Bertz CT molecular complexity index is 531. The smallest absolute Gasteiger partial charge is 0.337 e. The molecule has 0 heterocycles. The van der Waals surface area contributed by atoms with Crippen LogP contribution in [0.3, 0.4) is 0 Å². The molecule has 108 valence electrons. The molecule has 7 nitrogen and oxygen atoms in total. The highest BCUT2D eigenvalue weighted by Crippen LogP contribution is 2.28. The summed E-state index contributed by atoms with van der Waals surface area (Å²) >= 11 is 3.23. The lowest BCUT2D eigenvalue weighted by Crippen LogP contribution is -2.19. The molecule has 1 rings (SSSR count). The summed E-state index contributed by atoms with van der Waals surface area (Å²) in [7, 11) is 1.28. The van der Waals surface area contributed by atoms with E-state index in [0.29, 0.717) is 15.6 Å². The lowest BCUT2D eigenvalue weighted by Gasteiger charge is -2.19. The maximum Gasteiger partial charge on any atom is 0.337 e. The van der Waals surface area contributed by atoms with Crippen molar-refractivity contribution in [1.29, 1.82) is 0 Å². The fourth-order valence-electron chi connectivity index (χ4n) is 1.61. The Hall–Kier alpha value is -1.60. The SMILES string of the molecule is COC(=O)c1ccc(C(O)C(O)CCN=[N+]=[N-])c(Br)c1. The van der Waals surface area contributed by atoms with Gasteiger partial charge in [0, 0.05) is 15.9 Å². The van der Waals surface area contributed by atoms with Gasteiger partial charge in [-0.15, -0.1) is 0 Å². The Morgan fingerprint density at radius 3 is 2.80 bits per heavy atom. The molecule has 0 aliphatic rings. The van der Waals surface area contributed by atoms with Crippen molar-refractivity contribution in [3.8, 4) is 0 Å². The number of halogens is 1. The molecule has 2 unspecified atom stereocenters. The lowest BCUT2D eigenvalue weighted by atomic mass is 10.0. The van der Waals surface area contributed by atoms with Crippen LogP contribution in [0.25, 0.3) is 10.4 Å². The highest BCUT2D eigenvalue weighted by Gasteiger charge is 2.21. The fourth-order valence-corrected chi connectivity index (χ4v) is 2.23. The number of rotatable bonds is 6. The minimum Gasteiger partial charge on any atom is -0.465 e. The van der Waals surface area contributed by atoms with Crippen LogP contribution in [0.4, 0.5) is 0 Å². The Morgan fingerprint density at radius 2 is 2.25 bits per heavy atom. The number of carbonyl (C=O) groups is 1. The van der Waals surface area contributed by atoms with Gasteiger partial charge in [-0.25, -0.2) is 4.79 Å². The highest BCUT2D eigenvalue weighted by molar-refractivity contribution is 9.10. The topological polar surface area (TPSA) is 116 Å². The molecular formula is C12H14BrN3O4. The first-order chi connectivity index (χ1) is 9.51. The first-order valence-corrected chi connectivity index (χ1v) is 6.55. The first-order valence-electron chi connectivity index (χ1n) is 5.76. The third-order valence-electron chi connectivity index (χ3n) is 2.69. The maximum atomic E-state index is 11.4. The molecule has 8 heteroatoms. The molecule has 0 aliphatic carbocycles. The number of nitrogens with zero attached hydrogens (tertiary/aromatic N) is 3. The maximum absolute atomic E-state index is 11.4.